The van der Waals surface area contributed by atoms with Gasteiger partial charge in [-0.2, -0.15) is 5.10 Å². The quantitative estimate of drug-likeness (QED) is 0.821. The third-order valence-electron chi connectivity index (χ3n) is 5.39. The van der Waals surface area contributed by atoms with Crippen LogP contribution in [0.2, 0.25) is 0 Å². The van der Waals surface area contributed by atoms with Crippen molar-refractivity contribution in [3.05, 3.63) is 47.8 Å². The Bertz CT molecular complexity index is 856. The number of nitrogens with zero attached hydrogens (tertiary/aromatic N) is 3. The molecule has 4 rings (SSSR count). The summed E-state index contributed by atoms with van der Waals surface area (Å²) < 4.78 is 13.2. The highest BCUT2D eigenvalue weighted by atomic mass is 16.5. The van der Waals surface area contributed by atoms with Gasteiger partial charge in [-0.15, -0.1) is 0 Å². The summed E-state index contributed by atoms with van der Waals surface area (Å²) in [4.78, 5) is 24.7. The molecule has 0 atom stereocenters. The number of para-hydroxylation sites is 1. The first-order valence-electron chi connectivity index (χ1n) is 9.50. The van der Waals surface area contributed by atoms with Gasteiger partial charge in [-0.1, -0.05) is 18.2 Å². The van der Waals surface area contributed by atoms with Crippen molar-refractivity contribution >= 4 is 11.8 Å². The first-order chi connectivity index (χ1) is 13.6. The van der Waals surface area contributed by atoms with Crippen molar-refractivity contribution in [2.75, 3.05) is 32.9 Å². The van der Waals surface area contributed by atoms with E-state index in [4.69, 9.17) is 20.3 Å². The predicted molar refractivity (Wildman–Crippen MR) is 101 cm³/mol. The van der Waals surface area contributed by atoms with E-state index in [0.29, 0.717) is 32.5 Å². The van der Waals surface area contributed by atoms with E-state index in [1.807, 2.05) is 35.0 Å². The number of ether oxygens (including phenoxy) is 2. The molecule has 0 aliphatic carbocycles. The van der Waals surface area contributed by atoms with Crippen molar-refractivity contribution in [1.29, 1.82) is 0 Å². The maximum Gasteiger partial charge on any atom is 0.248 e. The summed E-state index contributed by atoms with van der Waals surface area (Å²) in [5.74, 6) is -0.718. The SMILES string of the molecule is NC(=O)COCC(=O)N1CCC2(CC1)OCCc1cn(-c3ccccc3)nc12. The number of rotatable bonds is 5. The minimum Gasteiger partial charge on any atom is -0.368 e. The number of carbonyl (C=O) groups is 2. The van der Waals surface area contributed by atoms with Gasteiger partial charge in [-0.3, -0.25) is 9.59 Å². The van der Waals surface area contributed by atoms with Crippen LogP contribution in [0.3, 0.4) is 0 Å². The summed E-state index contributed by atoms with van der Waals surface area (Å²) in [6.45, 7) is 1.41. The molecule has 2 amide bonds. The number of carbonyl (C=O) groups excluding carboxylic acids is 2. The molecule has 2 aromatic rings. The average molecular weight is 384 g/mol. The second-order valence-electron chi connectivity index (χ2n) is 7.22. The van der Waals surface area contributed by atoms with Gasteiger partial charge < -0.3 is 20.1 Å². The number of hydrogen-bond acceptors (Lipinski definition) is 5. The number of piperidine rings is 1. The lowest BCUT2D eigenvalue weighted by Gasteiger charge is -2.42. The molecule has 0 unspecified atom stereocenters. The van der Waals surface area contributed by atoms with Gasteiger partial charge in [0.25, 0.3) is 0 Å². The van der Waals surface area contributed by atoms with Crippen LogP contribution in [0.5, 0.6) is 0 Å². The molecular weight excluding hydrogens is 360 g/mol. The van der Waals surface area contributed by atoms with Crippen LogP contribution in [0.1, 0.15) is 24.1 Å². The van der Waals surface area contributed by atoms with E-state index in [0.717, 1.165) is 17.8 Å². The van der Waals surface area contributed by atoms with Crippen LogP contribution in [0.4, 0.5) is 0 Å². The molecule has 0 radical (unpaired) electrons. The molecule has 2 aliphatic rings. The van der Waals surface area contributed by atoms with Gasteiger partial charge in [-0.05, 0) is 37.0 Å². The van der Waals surface area contributed by atoms with E-state index >= 15 is 0 Å². The summed E-state index contributed by atoms with van der Waals surface area (Å²) in [6.07, 6.45) is 4.30. The summed E-state index contributed by atoms with van der Waals surface area (Å²) in [6, 6.07) is 10.0. The third kappa shape index (κ3) is 3.65. The largest absolute Gasteiger partial charge is 0.368 e. The zero-order valence-electron chi connectivity index (χ0n) is 15.7. The predicted octanol–water partition coefficient (Wildman–Crippen LogP) is 0.765. The molecule has 2 N–H and O–H groups in total. The van der Waals surface area contributed by atoms with Gasteiger partial charge in [0.2, 0.25) is 11.8 Å². The maximum absolute atomic E-state index is 12.3. The molecular formula is C20H24N4O4. The molecule has 8 nitrogen and oxygen atoms in total. The third-order valence-corrected chi connectivity index (χ3v) is 5.39. The molecule has 3 heterocycles. The number of aromatic nitrogens is 2. The Labute approximate surface area is 163 Å². The molecule has 0 bridgehead atoms. The molecule has 1 saturated heterocycles. The van der Waals surface area contributed by atoms with Crippen LogP contribution in [0.15, 0.2) is 36.5 Å². The highest BCUT2D eigenvalue weighted by Crippen LogP contribution is 2.41. The maximum atomic E-state index is 12.3. The number of hydrogen-bond donors (Lipinski definition) is 1. The van der Waals surface area contributed by atoms with E-state index in [9.17, 15) is 9.59 Å². The van der Waals surface area contributed by atoms with E-state index in [2.05, 4.69) is 6.20 Å². The Balaban J connectivity index is 1.46. The molecule has 148 valence electrons. The fourth-order valence-corrected chi connectivity index (χ4v) is 3.94. The van der Waals surface area contributed by atoms with Crippen LogP contribution in [0.25, 0.3) is 5.69 Å². The molecule has 2 aliphatic heterocycles. The van der Waals surface area contributed by atoms with Gasteiger partial charge in [0.1, 0.15) is 18.8 Å². The number of amides is 2. The van der Waals surface area contributed by atoms with Crippen LogP contribution >= 0.6 is 0 Å². The van der Waals surface area contributed by atoms with Crippen molar-refractivity contribution in [3.8, 4) is 5.69 Å². The smallest absolute Gasteiger partial charge is 0.248 e. The van der Waals surface area contributed by atoms with Gasteiger partial charge in [0.05, 0.1) is 18.0 Å². The zero-order chi connectivity index (χ0) is 19.6. The molecule has 1 spiro atoms. The van der Waals surface area contributed by atoms with E-state index < -0.39 is 11.5 Å². The Hall–Kier alpha value is -2.71. The van der Waals surface area contributed by atoms with Gasteiger partial charge >= 0.3 is 0 Å². The number of fused-ring (bicyclic) bond motifs is 2. The topological polar surface area (TPSA) is 99.7 Å². The van der Waals surface area contributed by atoms with Crippen molar-refractivity contribution in [1.82, 2.24) is 14.7 Å². The van der Waals surface area contributed by atoms with Crippen molar-refractivity contribution < 1.29 is 19.1 Å². The molecule has 1 fully saturated rings. The fraction of sp³-hybridized carbons (Fsp3) is 0.450. The highest BCUT2D eigenvalue weighted by Gasteiger charge is 2.44. The Morgan fingerprint density at radius 1 is 1.18 bits per heavy atom. The first kappa shape index (κ1) is 18.6. The van der Waals surface area contributed by atoms with Crippen molar-refractivity contribution in [3.63, 3.8) is 0 Å². The molecule has 28 heavy (non-hydrogen) atoms. The van der Waals surface area contributed by atoms with Gasteiger partial charge in [-0.25, -0.2) is 4.68 Å². The van der Waals surface area contributed by atoms with Crippen LogP contribution in [-0.2, 0) is 31.1 Å². The number of benzene rings is 1. The molecule has 1 aromatic carbocycles. The minimum atomic E-state index is -0.581. The Kier molecular flexibility index (Phi) is 5.15. The number of likely N-dealkylation sites (tertiary alicyclic amines) is 1. The minimum absolute atomic E-state index is 0.134. The lowest BCUT2D eigenvalue weighted by atomic mass is 9.84. The number of nitrogens with two attached hydrogens (primary N) is 1. The normalized spacial score (nSPS) is 18.1. The summed E-state index contributed by atoms with van der Waals surface area (Å²) in [5, 5.41) is 4.85. The lowest BCUT2D eigenvalue weighted by molar-refractivity contribution is -0.146. The van der Waals surface area contributed by atoms with E-state index in [1.54, 1.807) is 4.90 Å². The fourth-order valence-electron chi connectivity index (χ4n) is 3.94. The average Bonchev–Trinajstić information content (AvgIpc) is 3.15. The zero-order valence-corrected chi connectivity index (χ0v) is 15.7. The van der Waals surface area contributed by atoms with Crippen LogP contribution < -0.4 is 5.73 Å². The number of primary amides is 1. The lowest BCUT2D eigenvalue weighted by Crippen LogP contribution is -2.49. The first-order valence-corrected chi connectivity index (χ1v) is 9.50. The van der Waals surface area contributed by atoms with E-state index in [1.165, 1.54) is 5.56 Å². The second kappa shape index (κ2) is 7.73. The summed E-state index contributed by atoms with van der Waals surface area (Å²) in [5.41, 5.74) is 7.79. The molecule has 1 aromatic heterocycles. The van der Waals surface area contributed by atoms with Crippen molar-refractivity contribution in [2.45, 2.75) is 24.9 Å². The Morgan fingerprint density at radius 3 is 2.64 bits per heavy atom. The summed E-state index contributed by atoms with van der Waals surface area (Å²) >= 11 is 0. The standard InChI is InChI=1S/C20H24N4O4/c21-17(25)13-27-14-18(26)23-9-7-20(8-10-23)19-15(6-11-28-20)12-24(22-19)16-4-2-1-3-5-16/h1-5,12H,6-11,13-14H2,(H2,21,25). The molecule has 8 heteroatoms. The monoisotopic (exact) mass is 384 g/mol. The van der Waals surface area contributed by atoms with Crippen LogP contribution in [-0.4, -0.2) is 59.4 Å². The van der Waals surface area contributed by atoms with Gasteiger partial charge in [0, 0.05) is 19.3 Å². The highest BCUT2D eigenvalue weighted by molar-refractivity contribution is 5.79. The second-order valence-corrected chi connectivity index (χ2v) is 7.22. The molecule has 0 saturated carbocycles. The summed E-state index contributed by atoms with van der Waals surface area (Å²) in [7, 11) is 0. The van der Waals surface area contributed by atoms with Gasteiger partial charge in [0.15, 0.2) is 0 Å². The van der Waals surface area contributed by atoms with Crippen LogP contribution in [0, 0.1) is 0 Å². The van der Waals surface area contributed by atoms with Crippen molar-refractivity contribution in [2.24, 2.45) is 5.73 Å². The Morgan fingerprint density at radius 2 is 1.93 bits per heavy atom. The van der Waals surface area contributed by atoms with E-state index in [-0.39, 0.29) is 19.1 Å².